The highest BCUT2D eigenvalue weighted by Gasteiger charge is 2.11. The van der Waals surface area contributed by atoms with E-state index in [1.165, 1.54) is 0 Å². The zero-order valence-corrected chi connectivity index (χ0v) is 14.2. The van der Waals surface area contributed by atoms with Crippen LogP contribution in [0.1, 0.15) is 24.1 Å². The number of hydrogen-bond acceptors (Lipinski definition) is 4. The molecule has 0 saturated carbocycles. The summed E-state index contributed by atoms with van der Waals surface area (Å²) < 4.78 is 11.1. The molecular formula is C18H22N4O2. The quantitative estimate of drug-likeness (QED) is 0.576. The second-order valence-corrected chi connectivity index (χ2v) is 5.65. The molecule has 0 aliphatic carbocycles. The Balaban J connectivity index is 1.62. The molecule has 0 spiro atoms. The Labute approximate surface area is 141 Å². The SMILES string of the molecule is CCc1cc(CNC(=NC)N(C)Cc2cc3ccccc3o2)on1. The summed E-state index contributed by atoms with van der Waals surface area (Å²) >= 11 is 0. The smallest absolute Gasteiger partial charge is 0.194 e. The molecule has 0 amide bonds. The van der Waals surface area contributed by atoms with E-state index in [4.69, 9.17) is 8.94 Å². The molecule has 2 aromatic heterocycles. The number of para-hydroxylation sites is 1. The first kappa shape index (κ1) is 16.1. The number of nitrogens with one attached hydrogen (secondary N) is 1. The highest BCUT2D eigenvalue weighted by molar-refractivity contribution is 5.80. The van der Waals surface area contributed by atoms with Crippen molar-refractivity contribution in [1.29, 1.82) is 0 Å². The summed E-state index contributed by atoms with van der Waals surface area (Å²) in [4.78, 5) is 6.32. The summed E-state index contributed by atoms with van der Waals surface area (Å²) in [5, 5.41) is 8.38. The van der Waals surface area contributed by atoms with E-state index in [9.17, 15) is 0 Å². The lowest BCUT2D eigenvalue weighted by Gasteiger charge is -2.20. The van der Waals surface area contributed by atoms with Gasteiger partial charge in [-0.3, -0.25) is 4.99 Å². The minimum Gasteiger partial charge on any atom is -0.459 e. The average molecular weight is 326 g/mol. The van der Waals surface area contributed by atoms with E-state index in [0.29, 0.717) is 13.1 Å². The van der Waals surface area contributed by atoms with Crippen molar-refractivity contribution in [2.24, 2.45) is 4.99 Å². The molecule has 6 nitrogen and oxygen atoms in total. The molecule has 1 aromatic carbocycles. The van der Waals surface area contributed by atoms with Crippen molar-refractivity contribution in [3.8, 4) is 0 Å². The predicted octanol–water partition coefficient (Wildman–Crippen LogP) is 3.19. The summed E-state index contributed by atoms with van der Waals surface area (Å²) in [5.41, 5.74) is 1.86. The molecule has 0 atom stereocenters. The minimum absolute atomic E-state index is 0.546. The van der Waals surface area contributed by atoms with Gasteiger partial charge < -0.3 is 19.2 Å². The fraction of sp³-hybridized carbons (Fsp3) is 0.333. The Kier molecular flexibility index (Phi) is 4.84. The lowest BCUT2D eigenvalue weighted by atomic mass is 10.2. The van der Waals surface area contributed by atoms with E-state index >= 15 is 0 Å². The van der Waals surface area contributed by atoms with Crippen molar-refractivity contribution in [3.05, 3.63) is 53.6 Å². The third kappa shape index (κ3) is 3.59. The van der Waals surface area contributed by atoms with Crippen LogP contribution in [0.25, 0.3) is 11.0 Å². The molecule has 126 valence electrons. The third-order valence-corrected chi connectivity index (χ3v) is 3.83. The zero-order valence-electron chi connectivity index (χ0n) is 14.2. The molecule has 2 heterocycles. The van der Waals surface area contributed by atoms with Crippen LogP contribution >= 0.6 is 0 Å². The lowest BCUT2D eigenvalue weighted by Crippen LogP contribution is -2.37. The summed E-state index contributed by atoms with van der Waals surface area (Å²) in [5.74, 6) is 2.46. The van der Waals surface area contributed by atoms with Gasteiger partial charge in [-0.25, -0.2) is 0 Å². The van der Waals surface area contributed by atoms with Crippen LogP contribution in [0, 0.1) is 0 Å². The highest BCUT2D eigenvalue weighted by atomic mass is 16.5. The lowest BCUT2D eigenvalue weighted by molar-refractivity contribution is 0.368. The Bertz CT molecular complexity index is 801. The molecule has 1 N–H and O–H groups in total. The van der Waals surface area contributed by atoms with Gasteiger partial charge in [0.15, 0.2) is 11.7 Å². The number of aryl methyl sites for hydroxylation is 1. The molecule has 0 aliphatic rings. The normalized spacial score (nSPS) is 11.9. The number of fused-ring (bicyclic) bond motifs is 1. The molecular weight excluding hydrogens is 304 g/mol. The Morgan fingerprint density at radius 1 is 1.25 bits per heavy atom. The van der Waals surface area contributed by atoms with Crippen molar-refractivity contribution in [2.45, 2.75) is 26.4 Å². The van der Waals surface area contributed by atoms with Crippen LogP contribution < -0.4 is 5.32 Å². The van der Waals surface area contributed by atoms with Gasteiger partial charge in [-0.2, -0.15) is 0 Å². The molecule has 3 aromatic rings. The van der Waals surface area contributed by atoms with Gasteiger partial charge in [-0.15, -0.1) is 0 Å². The number of furan rings is 1. The van der Waals surface area contributed by atoms with Gasteiger partial charge in [-0.1, -0.05) is 30.3 Å². The monoisotopic (exact) mass is 326 g/mol. The van der Waals surface area contributed by atoms with Crippen LogP contribution in [0.5, 0.6) is 0 Å². The molecule has 3 rings (SSSR count). The molecule has 0 saturated heterocycles. The zero-order chi connectivity index (χ0) is 16.9. The molecule has 6 heteroatoms. The number of benzene rings is 1. The largest absolute Gasteiger partial charge is 0.459 e. The fourth-order valence-electron chi connectivity index (χ4n) is 2.58. The summed E-state index contributed by atoms with van der Waals surface area (Å²) in [7, 11) is 3.73. The van der Waals surface area contributed by atoms with Crippen LogP contribution in [0.15, 0.2) is 50.3 Å². The van der Waals surface area contributed by atoms with E-state index in [-0.39, 0.29) is 0 Å². The van der Waals surface area contributed by atoms with Gasteiger partial charge in [0.05, 0.1) is 18.8 Å². The first-order chi connectivity index (χ1) is 11.7. The maximum absolute atomic E-state index is 5.86. The Hall–Kier alpha value is -2.76. The second kappa shape index (κ2) is 7.21. The third-order valence-electron chi connectivity index (χ3n) is 3.83. The standard InChI is InChI=1S/C18H22N4O2/c1-4-14-10-15(24-21-14)11-20-18(19-2)22(3)12-16-9-13-7-5-6-8-17(13)23-16/h5-10H,4,11-12H2,1-3H3,(H,19,20). The van der Waals surface area contributed by atoms with Crippen LogP contribution in [-0.4, -0.2) is 30.1 Å². The molecule has 0 fully saturated rings. The number of rotatable bonds is 5. The van der Waals surface area contributed by atoms with Gasteiger partial charge in [0.2, 0.25) is 0 Å². The van der Waals surface area contributed by atoms with Crippen molar-refractivity contribution >= 4 is 16.9 Å². The van der Waals surface area contributed by atoms with Gasteiger partial charge in [0.25, 0.3) is 0 Å². The highest BCUT2D eigenvalue weighted by Crippen LogP contribution is 2.19. The van der Waals surface area contributed by atoms with Crippen LogP contribution in [0.2, 0.25) is 0 Å². The number of aromatic nitrogens is 1. The average Bonchev–Trinajstić information content (AvgIpc) is 3.21. The van der Waals surface area contributed by atoms with E-state index in [2.05, 4.69) is 28.5 Å². The van der Waals surface area contributed by atoms with Crippen LogP contribution in [0.3, 0.4) is 0 Å². The maximum atomic E-state index is 5.86. The molecule has 0 aliphatic heterocycles. The topological polar surface area (TPSA) is 66.8 Å². The number of hydrogen-bond donors (Lipinski definition) is 1. The van der Waals surface area contributed by atoms with Crippen molar-refractivity contribution < 1.29 is 8.94 Å². The predicted molar refractivity (Wildman–Crippen MR) is 93.8 cm³/mol. The number of nitrogens with zero attached hydrogens (tertiary/aromatic N) is 3. The second-order valence-electron chi connectivity index (χ2n) is 5.65. The van der Waals surface area contributed by atoms with Gasteiger partial charge >= 0.3 is 0 Å². The summed E-state index contributed by atoms with van der Waals surface area (Å²) in [6.45, 7) is 3.23. The Morgan fingerprint density at radius 2 is 2.08 bits per heavy atom. The van der Waals surface area contributed by atoms with E-state index < -0.39 is 0 Å². The first-order valence-electron chi connectivity index (χ1n) is 8.03. The van der Waals surface area contributed by atoms with Crippen LogP contribution in [-0.2, 0) is 19.5 Å². The van der Waals surface area contributed by atoms with Crippen molar-refractivity contribution in [3.63, 3.8) is 0 Å². The molecule has 24 heavy (non-hydrogen) atoms. The maximum Gasteiger partial charge on any atom is 0.194 e. The van der Waals surface area contributed by atoms with Gasteiger partial charge in [-0.05, 0) is 18.6 Å². The Morgan fingerprint density at radius 3 is 2.79 bits per heavy atom. The molecule has 0 radical (unpaired) electrons. The number of aliphatic imine (C=N–C) groups is 1. The molecule has 0 unspecified atom stereocenters. The number of guanidine groups is 1. The molecule has 0 bridgehead atoms. The van der Waals surface area contributed by atoms with Crippen molar-refractivity contribution in [2.75, 3.05) is 14.1 Å². The van der Waals surface area contributed by atoms with Crippen LogP contribution in [0.4, 0.5) is 0 Å². The van der Waals surface area contributed by atoms with E-state index in [0.717, 1.165) is 40.6 Å². The summed E-state index contributed by atoms with van der Waals surface area (Å²) in [6, 6.07) is 12.0. The first-order valence-corrected chi connectivity index (χ1v) is 8.03. The van der Waals surface area contributed by atoms with E-state index in [1.807, 2.05) is 42.3 Å². The fourth-order valence-corrected chi connectivity index (χ4v) is 2.58. The summed E-state index contributed by atoms with van der Waals surface area (Å²) in [6.07, 6.45) is 0.865. The van der Waals surface area contributed by atoms with E-state index in [1.54, 1.807) is 7.05 Å². The van der Waals surface area contributed by atoms with Crippen molar-refractivity contribution in [1.82, 2.24) is 15.4 Å². The van der Waals surface area contributed by atoms with Gasteiger partial charge in [0, 0.05) is 25.5 Å². The van der Waals surface area contributed by atoms with Gasteiger partial charge in [0.1, 0.15) is 11.3 Å². The minimum atomic E-state index is 0.546.